The number of halogens is 1. The fourth-order valence-electron chi connectivity index (χ4n) is 2.16. The Labute approximate surface area is 123 Å². The summed E-state index contributed by atoms with van der Waals surface area (Å²) in [5, 5.41) is 9.16. The van der Waals surface area contributed by atoms with Gasteiger partial charge in [0, 0.05) is 6.07 Å². The van der Waals surface area contributed by atoms with Crippen molar-refractivity contribution in [2.24, 2.45) is 0 Å². The summed E-state index contributed by atoms with van der Waals surface area (Å²) >= 11 is 5.82. The van der Waals surface area contributed by atoms with E-state index in [1.54, 1.807) is 24.3 Å². The average Bonchev–Trinajstić information content (AvgIpc) is 2.71. The number of hydrogen-bond donors (Lipinski definition) is 1. The van der Waals surface area contributed by atoms with Crippen molar-refractivity contribution in [2.75, 3.05) is 0 Å². The van der Waals surface area contributed by atoms with Crippen molar-refractivity contribution in [3.05, 3.63) is 52.3 Å². The van der Waals surface area contributed by atoms with Gasteiger partial charge in [0.15, 0.2) is 0 Å². The van der Waals surface area contributed by atoms with Crippen LogP contribution in [0.25, 0.3) is 16.9 Å². The zero-order valence-electron chi connectivity index (χ0n) is 10.6. The van der Waals surface area contributed by atoms with Gasteiger partial charge in [-0.3, -0.25) is 9.36 Å². The molecule has 0 spiro atoms. The van der Waals surface area contributed by atoms with Crippen LogP contribution >= 0.6 is 11.6 Å². The van der Waals surface area contributed by atoms with Gasteiger partial charge in [0.05, 0.1) is 11.0 Å². The maximum absolute atomic E-state index is 12.5. The quantitative estimate of drug-likeness (QED) is 0.737. The van der Waals surface area contributed by atoms with Crippen molar-refractivity contribution in [1.82, 2.24) is 19.1 Å². The van der Waals surface area contributed by atoms with Gasteiger partial charge in [-0.15, -0.1) is 0 Å². The minimum atomic E-state index is -1.10. The average molecular weight is 305 g/mol. The molecule has 21 heavy (non-hydrogen) atoms. The van der Waals surface area contributed by atoms with Gasteiger partial charge >= 0.3 is 11.7 Å². The summed E-state index contributed by atoms with van der Waals surface area (Å²) in [6.45, 7) is -0.425. The lowest BCUT2D eigenvalue weighted by Crippen LogP contribution is -2.26. The molecule has 0 fully saturated rings. The number of nitrogens with zero attached hydrogens (tertiary/aromatic N) is 4. The second-order valence-corrected chi connectivity index (χ2v) is 4.67. The highest BCUT2D eigenvalue weighted by molar-refractivity contribution is 6.29. The standard InChI is InChI=1S/C13H9ClN4O3/c14-10-5-11(16-7-15-10)18-9-4-2-1-3-8(9)17(13(18)21)6-12(19)20/h1-5,7H,6H2,(H,19,20). The molecular weight excluding hydrogens is 296 g/mol. The van der Waals surface area contributed by atoms with Crippen LogP contribution in [0.5, 0.6) is 0 Å². The fraction of sp³-hybridized carbons (Fsp3) is 0.0769. The van der Waals surface area contributed by atoms with E-state index in [-0.39, 0.29) is 5.15 Å². The fourth-order valence-corrected chi connectivity index (χ4v) is 2.31. The molecule has 0 bridgehead atoms. The molecular formula is C13H9ClN4O3. The summed E-state index contributed by atoms with van der Waals surface area (Å²) in [6, 6.07) is 8.33. The number of carboxylic acids is 1. The number of aromatic nitrogens is 4. The molecule has 0 atom stereocenters. The van der Waals surface area contributed by atoms with Crippen LogP contribution in [0, 0.1) is 0 Å². The monoisotopic (exact) mass is 304 g/mol. The summed E-state index contributed by atoms with van der Waals surface area (Å²) in [5.41, 5.74) is 0.575. The van der Waals surface area contributed by atoms with Crippen LogP contribution in [0.4, 0.5) is 0 Å². The van der Waals surface area contributed by atoms with E-state index in [2.05, 4.69) is 9.97 Å². The van der Waals surface area contributed by atoms with Crippen LogP contribution in [-0.2, 0) is 11.3 Å². The van der Waals surface area contributed by atoms with Crippen LogP contribution in [0.1, 0.15) is 0 Å². The Morgan fingerprint density at radius 2 is 1.95 bits per heavy atom. The molecule has 3 aromatic rings. The molecule has 0 amide bonds. The second kappa shape index (κ2) is 5.02. The molecule has 3 rings (SSSR count). The van der Waals surface area contributed by atoms with Crippen molar-refractivity contribution in [1.29, 1.82) is 0 Å². The first-order valence-corrected chi connectivity index (χ1v) is 6.35. The number of para-hydroxylation sites is 2. The maximum atomic E-state index is 12.5. The Balaban J connectivity index is 2.35. The van der Waals surface area contributed by atoms with Crippen molar-refractivity contribution < 1.29 is 9.90 Å². The maximum Gasteiger partial charge on any atom is 0.335 e. The van der Waals surface area contributed by atoms with Gasteiger partial charge in [-0.05, 0) is 12.1 Å². The number of carbonyl (C=O) groups is 1. The third kappa shape index (κ3) is 2.27. The zero-order chi connectivity index (χ0) is 15.0. The normalized spacial score (nSPS) is 10.9. The molecule has 0 aliphatic carbocycles. The summed E-state index contributed by atoms with van der Waals surface area (Å²) in [7, 11) is 0. The summed E-state index contributed by atoms with van der Waals surface area (Å²) in [6.07, 6.45) is 1.24. The summed E-state index contributed by atoms with van der Waals surface area (Å²) in [5.74, 6) is -0.805. The van der Waals surface area contributed by atoms with Crippen LogP contribution < -0.4 is 5.69 Å². The van der Waals surface area contributed by atoms with Gasteiger partial charge in [-0.25, -0.2) is 19.3 Å². The largest absolute Gasteiger partial charge is 0.480 e. The molecule has 1 N–H and O–H groups in total. The molecule has 0 saturated carbocycles. The molecule has 7 nitrogen and oxygen atoms in total. The molecule has 2 aromatic heterocycles. The lowest BCUT2D eigenvalue weighted by Gasteiger charge is -2.01. The second-order valence-electron chi connectivity index (χ2n) is 4.29. The number of imidazole rings is 1. The molecule has 0 unspecified atom stereocenters. The summed E-state index contributed by atoms with van der Waals surface area (Å²) < 4.78 is 2.49. The van der Waals surface area contributed by atoms with Gasteiger partial charge in [-0.1, -0.05) is 23.7 Å². The van der Waals surface area contributed by atoms with Gasteiger partial charge in [0.25, 0.3) is 0 Å². The lowest BCUT2D eigenvalue weighted by molar-refractivity contribution is -0.137. The van der Waals surface area contributed by atoms with Gasteiger partial charge in [0.2, 0.25) is 0 Å². The predicted octanol–water partition coefficient (Wildman–Crippen LogP) is 1.32. The number of hydrogen-bond acceptors (Lipinski definition) is 4. The van der Waals surface area contributed by atoms with E-state index >= 15 is 0 Å². The van der Waals surface area contributed by atoms with E-state index in [1.165, 1.54) is 21.5 Å². The Bertz CT molecular complexity index is 900. The smallest absolute Gasteiger partial charge is 0.335 e. The number of fused-ring (bicyclic) bond motifs is 1. The van der Waals surface area contributed by atoms with Crippen LogP contribution in [0.2, 0.25) is 5.15 Å². The summed E-state index contributed by atoms with van der Waals surface area (Å²) in [4.78, 5) is 31.2. The Morgan fingerprint density at radius 3 is 2.62 bits per heavy atom. The van der Waals surface area contributed by atoms with Gasteiger partial charge in [0.1, 0.15) is 23.8 Å². The minimum Gasteiger partial charge on any atom is -0.480 e. The van der Waals surface area contributed by atoms with E-state index in [1.807, 2.05) is 0 Å². The van der Waals surface area contributed by atoms with Gasteiger partial charge in [-0.2, -0.15) is 0 Å². The first-order chi connectivity index (χ1) is 10.1. The highest BCUT2D eigenvalue weighted by Gasteiger charge is 2.16. The van der Waals surface area contributed by atoms with Crippen LogP contribution in [0.15, 0.2) is 41.5 Å². The topological polar surface area (TPSA) is 90.0 Å². The Kier molecular flexibility index (Phi) is 3.19. The van der Waals surface area contributed by atoms with Crippen LogP contribution in [-0.4, -0.2) is 30.2 Å². The van der Waals surface area contributed by atoms with E-state index < -0.39 is 18.2 Å². The highest BCUT2D eigenvalue weighted by Crippen LogP contribution is 2.17. The minimum absolute atomic E-state index is 0.196. The number of aliphatic carboxylic acids is 1. The molecule has 106 valence electrons. The van der Waals surface area contributed by atoms with Gasteiger partial charge < -0.3 is 5.11 Å². The van der Waals surface area contributed by atoms with Crippen molar-refractivity contribution in [3.8, 4) is 5.82 Å². The molecule has 8 heteroatoms. The molecule has 0 aliphatic rings. The first-order valence-electron chi connectivity index (χ1n) is 5.98. The number of rotatable bonds is 3. The molecule has 0 saturated heterocycles. The van der Waals surface area contributed by atoms with E-state index in [0.29, 0.717) is 16.9 Å². The van der Waals surface area contributed by atoms with Crippen molar-refractivity contribution in [2.45, 2.75) is 6.54 Å². The first kappa shape index (κ1) is 13.3. The van der Waals surface area contributed by atoms with E-state index in [4.69, 9.17) is 16.7 Å². The predicted molar refractivity (Wildman–Crippen MR) is 75.8 cm³/mol. The highest BCUT2D eigenvalue weighted by atomic mass is 35.5. The molecule has 1 aromatic carbocycles. The third-order valence-corrected chi connectivity index (χ3v) is 3.18. The Hall–Kier alpha value is -2.67. The van der Waals surface area contributed by atoms with Crippen molar-refractivity contribution in [3.63, 3.8) is 0 Å². The van der Waals surface area contributed by atoms with E-state index in [9.17, 15) is 9.59 Å². The molecule has 2 heterocycles. The number of carboxylic acid groups (broad SMARTS) is 1. The lowest BCUT2D eigenvalue weighted by atomic mass is 10.3. The zero-order valence-corrected chi connectivity index (χ0v) is 11.4. The van der Waals surface area contributed by atoms with Crippen LogP contribution in [0.3, 0.4) is 0 Å². The number of benzene rings is 1. The Morgan fingerprint density at radius 1 is 1.24 bits per heavy atom. The molecule has 0 radical (unpaired) electrons. The SMILES string of the molecule is O=C(O)Cn1c(=O)n(-c2cc(Cl)ncn2)c2ccccc21. The molecule has 0 aliphatic heterocycles. The van der Waals surface area contributed by atoms with E-state index in [0.717, 1.165) is 0 Å². The third-order valence-electron chi connectivity index (χ3n) is 2.98. The van der Waals surface area contributed by atoms with Crippen molar-refractivity contribution >= 4 is 28.6 Å².